The molecular weight excluding hydrogens is 286 g/mol. The average Bonchev–Trinajstić information content (AvgIpc) is 3.12. The molecule has 1 atom stereocenters. The van der Waals surface area contributed by atoms with Crippen LogP contribution in [-0.4, -0.2) is 60.5 Å². The van der Waals surface area contributed by atoms with E-state index < -0.39 is 0 Å². The van der Waals surface area contributed by atoms with Gasteiger partial charge in [0.15, 0.2) is 0 Å². The Labute approximate surface area is 142 Å². The standard InChI is InChI=1S/C19H35N3O/c1-2-22(17-7-4-3-5-8-17)19(23)15-21-13-10-16(11-14-21)18-9-6-12-20-18/h16-18,20H,2-15H2,1H3. The van der Waals surface area contributed by atoms with Crippen LogP contribution in [0.3, 0.4) is 0 Å². The summed E-state index contributed by atoms with van der Waals surface area (Å²) in [5, 5.41) is 3.66. The van der Waals surface area contributed by atoms with E-state index in [4.69, 9.17) is 0 Å². The number of hydrogen-bond donors (Lipinski definition) is 1. The van der Waals surface area contributed by atoms with E-state index in [-0.39, 0.29) is 0 Å². The first kappa shape index (κ1) is 17.2. The van der Waals surface area contributed by atoms with Gasteiger partial charge < -0.3 is 10.2 Å². The van der Waals surface area contributed by atoms with E-state index in [0.29, 0.717) is 18.5 Å². The van der Waals surface area contributed by atoms with Crippen LogP contribution in [0.4, 0.5) is 0 Å². The largest absolute Gasteiger partial charge is 0.339 e. The third-order valence-corrected chi connectivity index (χ3v) is 6.34. The summed E-state index contributed by atoms with van der Waals surface area (Å²) in [6.07, 6.45) is 11.6. The van der Waals surface area contributed by atoms with Crippen molar-refractivity contribution in [3.8, 4) is 0 Å². The summed E-state index contributed by atoms with van der Waals surface area (Å²) in [4.78, 5) is 17.3. The number of nitrogens with one attached hydrogen (secondary N) is 1. The Balaban J connectivity index is 1.44. The highest BCUT2D eigenvalue weighted by molar-refractivity contribution is 5.78. The molecule has 0 spiro atoms. The number of rotatable bonds is 5. The monoisotopic (exact) mass is 321 g/mol. The van der Waals surface area contributed by atoms with Crippen molar-refractivity contribution in [3.05, 3.63) is 0 Å². The molecule has 0 bridgehead atoms. The number of likely N-dealkylation sites (tertiary alicyclic amines) is 1. The van der Waals surface area contributed by atoms with Crippen LogP contribution in [0, 0.1) is 5.92 Å². The Morgan fingerprint density at radius 3 is 2.39 bits per heavy atom. The van der Waals surface area contributed by atoms with Gasteiger partial charge in [-0.1, -0.05) is 19.3 Å². The van der Waals surface area contributed by atoms with Gasteiger partial charge in [0.05, 0.1) is 6.54 Å². The van der Waals surface area contributed by atoms with Gasteiger partial charge in [-0.05, 0) is 71.0 Å². The van der Waals surface area contributed by atoms with Crippen LogP contribution < -0.4 is 5.32 Å². The number of nitrogens with zero attached hydrogens (tertiary/aromatic N) is 2. The summed E-state index contributed by atoms with van der Waals surface area (Å²) in [7, 11) is 0. The van der Waals surface area contributed by atoms with Crippen molar-refractivity contribution in [3.63, 3.8) is 0 Å². The second-order valence-corrected chi connectivity index (χ2v) is 7.79. The van der Waals surface area contributed by atoms with E-state index >= 15 is 0 Å². The van der Waals surface area contributed by atoms with Crippen LogP contribution in [0.1, 0.15) is 64.7 Å². The van der Waals surface area contributed by atoms with Gasteiger partial charge in [-0.25, -0.2) is 0 Å². The molecule has 132 valence electrons. The van der Waals surface area contributed by atoms with Crippen molar-refractivity contribution in [2.45, 2.75) is 76.8 Å². The minimum Gasteiger partial charge on any atom is -0.339 e. The highest BCUT2D eigenvalue weighted by atomic mass is 16.2. The molecule has 0 aromatic carbocycles. The Morgan fingerprint density at radius 2 is 1.78 bits per heavy atom. The second kappa shape index (κ2) is 8.48. The number of piperidine rings is 1. The maximum atomic E-state index is 12.8. The number of hydrogen-bond acceptors (Lipinski definition) is 3. The lowest BCUT2D eigenvalue weighted by atomic mass is 9.88. The third-order valence-electron chi connectivity index (χ3n) is 6.34. The van der Waals surface area contributed by atoms with E-state index in [0.717, 1.165) is 31.6 Å². The van der Waals surface area contributed by atoms with Crippen molar-refractivity contribution in [2.24, 2.45) is 5.92 Å². The summed E-state index contributed by atoms with van der Waals surface area (Å²) in [6, 6.07) is 1.27. The molecular formula is C19H35N3O. The molecule has 1 N–H and O–H groups in total. The van der Waals surface area contributed by atoms with Gasteiger partial charge in [-0.2, -0.15) is 0 Å². The molecule has 3 rings (SSSR count). The van der Waals surface area contributed by atoms with Crippen LogP contribution in [0.25, 0.3) is 0 Å². The summed E-state index contributed by atoms with van der Waals surface area (Å²) in [5.41, 5.74) is 0. The van der Waals surface area contributed by atoms with Crippen molar-refractivity contribution in [2.75, 3.05) is 32.7 Å². The van der Waals surface area contributed by atoms with Gasteiger partial charge >= 0.3 is 0 Å². The smallest absolute Gasteiger partial charge is 0.236 e. The Kier molecular flexibility index (Phi) is 6.35. The first-order valence-corrected chi connectivity index (χ1v) is 10.0. The SMILES string of the molecule is CCN(C(=O)CN1CCC(C2CCCN2)CC1)C1CCCCC1. The quantitative estimate of drug-likeness (QED) is 0.845. The zero-order valence-electron chi connectivity index (χ0n) is 14.9. The van der Waals surface area contributed by atoms with Crippen LogP contribution >= 0.6 is 0 Å². The summed E-state index contributed by atoms with van der Waals surface area (Å²) >= 11 is 0. The normalized spacial score (nSPS) is 28.1. The minimum atomic E-state index is 0.372. The van der Waals surface area contributed by atoms with Gasteiger partial charge in [0.25, 0.3) is 0 Å². The van der Waals surface area contributed by atoms with Gasteiger partial charge in [0.2, 0.25) is 5.91 Å². The summed E-state index contributed by atoms with van der Waals surface area (Å²) in [5.74, 6) is 1.21. The molecule has 0 aromatic rings. The predicted molar refractivity (Wildman–Crippen MR) is 94.4 cm³/mol. The molecule has 2 aliphatic heterocycles. The molecule has 1 aliphatic carbocycles. The van der Waals surface area contributed by atoms with Gasteiger partial charge in [-0.15, -0.1) is 0 Å². The zero-order valence-corrected chi connectivity index (χ0v) is 14.9. The Hall–Kier alpha value is -0.610. The lowest BCUT2D eigenvalue weighted by Gasteiger charge is -2.38. The fourth-order valence-corrected chi connectivity index (χ4v) is 4.94. The molecule has 2 heterocycles. The van der Waals surface area contributed by atoms with Crippen LogP contribution in [0.15, 0.2) is 0 Å². The highest BCUT2D eigenvalue weighted by Gasteiger charge is 2.30. The molecule has 3 fully saturated rings. The molecule has 23 heavy (non-hydrogen) atoms. The fourth-order valence-electron chi connectivity index (χ4n) is 4.94. The lowest BCUT2D eigenvalue weighted by molar-refractivity contribution is -0.135. The Morgan fingerprint density at radius 1 is 1.04 bits per heavy atom. The van der Waals surface area contributed by atoms with Crippen molar-refractivity contribution in [1.29, 1.82) is 0 Å². The maximum absolute atomic E-state index is 12.8. The number of likely N-dealkylation sites (N-methyl/N-ethyl adjacent to an activating group) is 1. The average molecular weight is 322 g/mol. The molecule has 2 saturated heterocycles. The molecule has 0 aromatic heterocycles. The minimum absolute atomic E-state index is 0.372. The van der Waals surface area contributed by atoms with Gasteiger partial charge in [-0.3, -0.25) is 9.69 Å². The van der Waals surface area contributed by atoms with Gasteiger partial charge in [0, 0.05) is 18.6 Å². The molecule has 4 heteroatoms. The van der Waals surface area contributed by atoms with E-state index in [1.54, 1.807) is 0 Å². The first-order chi connectivity index (χ1) is 11.3. The summed E-state index contributed by atoms with van der Waals surface area (Å²) in [6.45, 7) is 7.09. The lowest BCUT2D eigenvalue weighted by Crippen LogP contribution is -2.48. The van der Waals surface area contributed by atoms with Crippen LogP contribution in [0.2, 0.25) is 0 Å². The molecule has 4 nitrogen and oxygen atoms in total. The number of carbonyl (C=O) groups is 1. The maximum Gasteiger partial charge on any atom is 0.236 e. The third kappa shape index (κ3) is 4.48. The van der Waals surface area contributed by atoms with E-state index in [1.807, 2.05) is 0 Å². The van der Waals surface area contributed by atoms with Crippen molar-refractivity contribution in [1.82, 2.24) is 15.1 Å². The van der Waals surface area contributed by atoms with Crippen LogP contribution in [-0.2, 0) is 4.79 Å². The van der Waals surface area contributed by atoms with E-state index in [1.165, 1.54) is 64.3 Å². The van der Waals surface area contributed by atoms with E-state index in [9.17, 15) is 4.79 Å². The van der Waals surface area contributed by atoms with Crippen molar-refractivity contribution >= 4 is 5.91 Å². The number of amides is 1. The zero-order chi connectivity index (χ0) is 16.1. The molecule has 3 aliphatic rings. The van der Waals surface area contributed by atoms with Crippen molar-refractivity contribution < 1.29 is 4.79 Å². The first-order valence-electron chi connectivity index (χ1n) is 10.0. The topological polar surface area (TPSA) is 35.6 Å². The Bertz CT molecular complexity index is 367. The van der Waals surface area contributed by atoms with Gasteiger partial charge in [0.1, 0.15) is 0 Å². The molecule has 1 amide bonds. The predicted octanol–water partition coefficient (Wildman–Crippen LogP) is 2.63. The summed E-state index contributed by atoms with van der Waals surface area (Å²) < 4.78 is 0. The number of carbonyl (C=O) groups excluding carboxylic acids is 1. The van der Waals surface area contributed by atoms with E-state index in [2.05, 4.69) is 22.0 Å². The molecule has 1 saturated carbocycles. The van der Waals surface area contributed by atoms with Crippen LogP contribution in [0.5, 0.6) is 0 Å². The molecule has 1 unspecified atom stereocenters. The second-order valence-electron chi connectivity index (χ2n) is 7.79. The highest BCUT2D eigenvalue weighted by Crippen LogP contribution is 2.26. The molecule has 0 radical (unpaired) electrons. The fraction of sp³-hybridized carbons (Fsp3) is 0.947.